The number of para-hydroxylation sites is 1. The molecule has 0 amide bonds. The summed E-state index contributed by atoms with van der Waals surface area (Å²) in [4.78, 5) is 20.7. The van der Waals surface area contributed by atoms with Crippen molar-refractivity contribution in [2.45, 2.75) is 33.2 Å². The SMILES string of the molecule is CCCN1CCc2c(sc(Nc3nc4c(F)cccc4s3)c2C(=O)OCC)C1. The Morgan fingerprint density at radius 3 is 2.96 bits per heavy atom. The summed E-state index contributed by atoms with van der Waals surface area (Å²) in [5.74, 6) is -0.646. The van der Waals surface area contributed by atoms with Crippen LogP contribution in [0.2, 0.25) is 0 Å². The van der Waals surface area contributed by atoms with Crippen LogP contribution in [0.4, 0.5) is 14.5 Å². The van der Waals surface area contributed by atoms with Gasteiger partial charge in [0.2, 0.25) is 0 Å². The van der Waals surface area contributed by atoms with Crippen molar-refractivity contribution in [2.24, 2.45) is 0 Å². The van der Waals surface area contributed by atoms with Gasteiger partial charge in [-0.05, 0) is 44.0 Å². The van der Waals surface area contributed by atoms with Crippen LogP contribution in [0.5, 0.6) is 0 Å². The first-order valence-electron chi connectivity index (χ1n) is 9.46. The van der Waals surface area contributed by atoms with Crippen LogP contribution in [0.25, 0.3) is 10.2 Å². The molecule has 5 nitrogen and oxygen atoms in total. The Morgan fingerprint density at radius 1 is 1.36 bits per heavy atom. The van der Waals surface area contributed by atoms with Crippen LogP contribution in [0.3, 0.4) is 0 Å². The predicted octanol–water partition coefficient (Wildman–Crippen LogP) is 5.19. The van der Waals surface area contributed by atoms with E-state index in [0.717, 1.165) is 47.7 Å². The second-order valence-corrected chi connectivity index (χ2v) is 8.82. The maximum Gasteiger partial charge on any atom is 0.341 e. The number of fused-ring (bicyclic) bond motifs is 2. The molecular formula is C20H22FN3O2S2. The number of carbonyl (C=O) groups is 1. The highest BCUT2D eigenvalue weighted by Crippen LogP contribution is 2.40. The first kappa shape index (κ1) is 19.3. The van der Waals surface area contributed by atoms with Gasteiger partial charge in [-0.2, -0.15) is 0 Å². The summed E-state index contributed by atoms with van der Waals surface area (Å²) in [7, 11) is 0. The molecule has 148 valence electrons. The molecule has 1 aromatic carbocycles. The molecule has 0 bridgehead atoms. The zero-order chi connectivity index (χ0) is 19.7. The Morgan fingerprint density at radius 2 is 2.21 bits per heavy atom. The van der Waals surface area contributed by atoms with Crippen molar-refractivity contribution in [1.82, 2.24) is 9.88 Å². The van der Waals surface area contributed by atoms with Gasteiger partial charge in [-0.3, -0.25) is 4.90 Å². The van der Waals surface area contributed by atoms with E-state index in [2.05, 4.69) is 22.1 Å². The van der Waals surface area contributed by atoms with Gasteiger partial charge in [0.25, 0.3) is 0 Å². The van der Waals surface area contributed by atoms with Crippen LogP contribution in [-0.4, -0.2) is 35.5 Å². The number of nitrogens with zero attached hydrogens (tertiary/aromatic N) is 2. The van der Waals surface area contributed by atoms with Gasteiger partial charge in [-0.15, -0.1) is 11.3 Å². The van der Waals surface area contributed by atoms with E-state index < -0.39 is 0 Å². The first-order chi connectivity index (χ1) is 13.6. The number of aromatic nitrogens is 1. The number of hydrogen-bond donors (Lipinski definition) is 1. The molecule has 0 aliphatic carbocycles. The summed E-state index contributed by atoms with van der Waals surface area (Å²) in [5.41, 5.74) is 2.03. The highest BCUT2D eigenvalue weighted by molar-refractivity contribution is 7.23. The summed E-state index contributed by atoms with van der Waals surface area (Å²) in [6.45, 7) is 7.14. The number of thiophene rings is 1. The Balaban J connectivity index is 1.70. The van der Waals surface area contributed by atoms with Crippen molar-refractivity contribution in [3.05, 3.63) is 40.0 Å². The number of esters is 1. The van der Waals surface area contributed by atoms with Crippen molar-refractivity contribution in [3.63, 3.8) is 0 Å². The van der Waals surface area contributed by atoms with Crippen LogP contribution >= 0.6 is 22.7 Å². The molecule has 0 unspecified atom stereocenters. The lowest BCUT2D eigenvalue weighted by Gasteiger charge is -2.26. The van der Waals surface area contributed by atoms with Gasteiger partial charge in [-0.25, -0.2) is 14.2 Å². The van der Waals surface area contributed by atoms with Crippen molar-refractivity contribution < 1.29 is 13.9 Å². The number of thiazole rings is 1. The largest absolute Gasteiger partial charge is 0.462 e. The third-order valence-electron chi connectivity index (χ3n) is 4.75. The smallest absolute Gasteiger partial charge is 0.341 e. The average Bonchev–Trinajstić information content (AvgIpc) is 3.23. The molecule has 0 radical (unpaired) electrons. The molecule has 0 saturated carbocycles. The molecule has 28 heavy (non-hydrogen) atoms. The highest BCUT2D eigenvalue weighted by Gasteiger charge is 2.29. The molecule has 1 N–H and O–H groups in total. The molecule has 2 aromatic heterocycles. The van der Waals surface area contributed by atoms with Crippen molar-refractivity contribution in [1.29, 1.82) is 0 Å². The van der Waals surface area contributed by atoms with Crippen molar-refractivity contribution in [3.8, 4) is 0 Å². The second-order valence-electron chi connectivity index (χ2n) is 6.69. The fourth-order valence-corrected chi connectivity index (χ4v) is 5.76. The highest BCUT2D eigenvalue weighted by atomic mass is 32.1. The number of halogens is 1. The molecule has 0 atom stereocenters. The third kappa shape index (κ3) is 3.64. The van der Waals surface area contributed by atoms with Gasteiger partial charge in [0.1, 0.15) is 16.3 Å². The lowest BCUT2D eigenvalue weighted by Crippen LogP contribution is -2.30. The van der Waals surface area contributed by atoms with E-state index in [9.17, 15) is 9.18 Å². The van der Waals surface area contributed by atoms with Gasteiger partial charge in [-0.1, -0.05) is 24.3 Å². The molecular weight excluding hydrogens is 397 g/mol. The zero-order valence-electron chi connectivity index (χ0n) is 15.9. The van der Waals surface area contributed by atoms with Crippen molar-refractivity contribution >= 4 is 49.0 Å². The van der Waals surface area contributed by atoms with E-state index in [4.69, 9.17) is 4.74 Å². The quantitative estimate of drug-likeness (QED) is 0.558. The van der Waals surface area contributed by atoms with Gasteiger partial charge in [0.05, 0.1) is 16.9 Å². The van der Waals surface area contributed by atoms with E-state index in [1.807, 2.05) is 13.0 Å². The Kier molecular flexibility index (Phi) is 5.61. The maximum absolute atomic E-state index is 14.0. The normalized spacial score (nSPS) is 14.2. The molecule has 0 spiro atoms. The van der Waals surface area contributed by atoms with Crippen LogP contribution in [0.15, 0.2) is 18.2 Å². The number of nitrogens with one attached hydrogen (secondary N) is 1. The van der Waals surface area contributed by atoms with Gasteiger partial charge >= 0.3 is 5.97 Å². The van der Waals surface area contributed by atoms with Gasteiger partial charge in [0, 0.05) is 18.0 Å². The van der Waals surface area contributed by atoms with Gasteiger partial charge in [0.15, 0.2) is 5.13 Å². The number of ether oxygens (including phenoxy) is 1. The lowest BCUT2D eigenvalue weighted by molar-refractivity contribution is 0.0526. The number of hydrogen-bond acceptors (Lipinski definition) is 7. The summed E-state index contributed by atoms with van der Waals surface area (Å²) in [6, 6.07) is 4.92. The minimum atomic E-state index is -0.340. The first-order valence-corrected chi connectivity index (χ1v) is 11.1. The molecule has 1 aliphatic rings. The molecule has 0 fully saturated rings. The number of carbonyl (C=O) groups excluding carboxylic acids is 1. The Labute approximate surface area is 171 Å². The fourth-order valence-electron chi connectivity index (χ4n) is 3.54. The lowest BCUT2D eigenvalue weighted by atomic mass is 10.0. The zero-order valence-corrected chi connectivity index (χ0v) is 17.5. The summed E-state index contributed by atoms with van der Waals surface area (Å²) >= 11 is 2.95. The third-order valence-corrected chi connectivity index (χ3v) is 6.81. The van der Waals surface area contributed by atoms with Crippen LogP contribution in [-0.2, 0) is 17.7 Å². The van der Waals surface area contributed by atoms with Crippen molar-refractivity contribution in [2.75, 3.05) is 25.0 Å². The van der Waals surface area contributed by atoms with Crippen LogP contribution < -0.4 is 5.32 Å². The van der Waals surface area contributed by atoms with E-state index in [1.54, 1.807) is 17.4 Å². The molecule has 0 saturated heterocycles. The Hall–Kier alpha value is -2.03. The van der Waals surface area contributed by atoms with E-state index >= 15 is 0 Å². The van der Waals surface area contributed by atoms with Crippen LogP contribution in [0.1, 0.15) is 41.1 Å². The van der Waals surface area contributed by atoms with E-state index in [1.165, 1.54) is 22.3 Å². The fraction of sp³-hybridized carbons (Fsp3) is 0.400. The minimum Gasteiger partial charge on any atom is -0.462 e. The van der Waals surface area contributed by atoms with Crippen LogP contribution in [0, 0.1) is 5.82 Å². The molecule has 3 heterocycles. The molecule has 8 heteroatoms. The topological polar surface area (TPSA) is 54.5 Å². The molecule has 1 aliphatic heterocycles. The van der Waals surface area contributed by atoms with Gasteiger partial charge < -0.3 is 10.1 Å². The molecule has 4 rings (SSSR count). The number of anilines is 2. The summed E-state index contributed by atoms with van der Waals surface area (Å²) in [5, 5.41) is 4.59. The average molecular weight is 420 g/mol. The Bertz CT molecular complexity index is 1010. The maximum atomic E-state index is 14.0. The molecule has 3 aromatic rings. The minimum absolute atomic E-state index is 0.307. The van der Waals surface area contributed by atoms with E-state index in [-0.39, 0.29) is 11.8 Å². The standard InChI is InChI=1S/C20H22FN3O2S2/c1-3-9-24-10-8-12-15(11-24)27-18(16(12)19(25)26-4-2)23-20-22-17-13(21)6-5-7-14(17)28-20/h5-7H,3-4,8-11H2,1-2H3,(H,22,23). The monoisotopic (exact) mass is 419 g/mol. The predicted molar refractivity (Wildman–Crippen MR) is 112 cm³/mol. The number of rotatable bonds is 6. The van der Waals surface area contributed by atoms with E-state index in [0.29, 0.717) is 22.8 Å². The summed E-state index contributed by atoms with van der Waals surface area (Å²) in [6.07, 6.45) is 1.93. The summed E-state index contributed by atoms with van der Waals surface area (Å²) < 4.78 is 20.1. The number of benzene rings is 1. The second kappa shape index (κ2) is 8.14.